The smallest absolute Gasteiger partial charge is 0.408 e. The quantitative estimate of drug-likeness (QED) is 0.895. The standard InChI is InChI=1S/C15H22FNO3/c1-14(2,3)20-13(19)17-15(4,5)12(18)10-7-6-8-11(16)9-10/h6-9,12,18H,1-5H3,(H,17,19). The van der Waals surface area contributed by atoms with Crippen LogP contribution in [0.5, 0.6) is 0 Å². The molecule has 0 aliphatic carbocycles. The number of halogens is 1. The molecule has 0 aliphatic heterocycles. The summed E-state index contributed by atoms with van der Waals surface area (Å²) >= 11 is 0. The Morgan fingerprint density at radius 2 is 1.90 bits per heavy atom. The number of aliphatic hydroxyl groups excluding tert-OH is 1. The Morgan fingerprint density at radius 1 is 1.30 bits per heavy atom. The van der Waals surface area contributed by atoms with Gasteiger partial charge in [-0.2, -0.15) is 0 Å². The third kappa shape index (κ3) is 4.81. The van der Waals surface area contributed by atoms with Crippen LogP contribution in [0.1, 0.15) is 46.3 Å². The molecule has 0 aliphatic rings. The number of hydrogen-bond donors (Lipinski definition) is 2. The number of carbonyl (C=O) groups is 1. The number of nitrogens with one attached hydrogen (secondary N) is 1. The van der Waals surface area contributed by atoms with E-state index in [-0.39, 0.29) is 0 Å². The van der Waals surface area contributed by atoms with Crippen molar-refractivity contribution < 1.29 is 19.0 Å². The summed E-state index contributed by atoms with van der Waals surface area (Å²) in [5.41, 5.74) is -1.22. The first-order valence-corrected chi connectivity index (χ1v) is 6.46. The zero-order valence-electron chi connectivity index (χ0n) is 12.5. The summed E-state index contributed by atoms with van der Waals surface area (Å²) in [4.78, 5) is 11.8. The third-order valence-electron chi connectivity index (χ3n) is 2.67. The van der Waals surface area contributed by atoms with E-state index in [1.807, 2.05) is 0 Å². The van der Waals surface area contributed by atoms with Gasteiger partial charge in [-0.05, 0) is 52.3 Å². The maximum absolute atomic E-state index is 13.2. The Kier molecular flexibility index (Phi) is 4.76. The number of rotatable bonds is 3. The van der Waals surface area contributed by atoms with Crippen LogP contribution in [0.3, 0.4) is 0 Å². The number of carbonyl (C=O) groups excluding carboxylic acids is 1. The van der Waals surface area contributed by atoms with Gasteiger partial charge in [-0.25, -0.2) is 9.18 Å². The molecule has 1 rings (SSSR count). The number of ether oxygens (including phenoxy) is 1. The molecule has 1 aromatic carbocycles. The van der Waals surface area contributed by atoms with Crippen LogP contribution in [-0.4, -0.2) is 22.3 Å². The second kappa shape index (κ2) is 5.79. The van der Waals surface area contributed by atoms with Crippen molar-refractivity contribution >= 4 is 6.09 Å². The Labute approximate surface area is 119 Å². The van der Waals surface area contributed by atoms with Gasteiger partial charge in [0, 0.05) is 0 Å². The van der Waals surface area contributed by atoms with Gasteiger partial charge in [0.1, 0.15) is 17.5 Å². The minimum Gasteiger partial charge on any atom is -0.444 e. The van der Waals surface area contributed by atoms with Crippen LogP contribution in [0.15, 0.2) is 24.3 Å². The van der Waals surface area contributed by atoms with Gasteiger partial charge in [-0.15, -0.1) is 0 Å². The van der Waals surface area contributed by atoms with E-state index >= 15 is 0 Å². The monoisotopic (exact) mass is 283 g/mol. The summed E-state index contributed by atoms with van der Waals surface area (Å²) < 4.78 is 18.3. The summed E-state index contributed by atoms with van der Waals surface area (Å²) in [6, 6.07) is 5.65. The van der Waals surface area contributed by atoms with Gasteiger partial charge in [0.15, 0.2) is 0 Å². The van der Waals surface area contributed by atoms with Crippen molar-refractivity contribution in [2.45, 2.75) is 51.9 Å². The molecule has 2 N–H and O–H groups in total. The van der Waals surface area contributed by atoms with Crippen LogP contribution < -0.4 is 5.32 Å². The molecule has 4 nitrogen and oxygen atoms in total. The fraction of sp³-hybridized carbons (Fsp3) is 0.533. The van der Waals surface area contributed by atoms with Gasteiger partial charge in [0.25, 0.3) is 0 Å². The molecule has 1 atom stereocenters. The average molecular weight is 283 g/mol. The maximum Gasteiger partial charge on any atom is 0.408 e. The largest absolute Gasteiger partial charge is 0.444 e. The highest BCUT2D eigenvalue weighted by atomic mass is 19.1. The van der Waals surface area contributed by atoms with Crippen LogP contribution in [0.2, 0.25) is 0 Å². The highest BCUT2D eigenvalue weighted by Crippen LogP contribution is 2.26. The zero-order chi connectivity index (χ0) is 15.6. The molecule has 20 heavy (non-hydrogen) atoms. The maximum atomic E-state index is 13.2. The summed E-state index contributed by atoms with van der Waals surface area (Å²) in [7, 11) is 0. The second-order valence-corrected chi connectivity index (χ2v) is 6.31. The first kappa shape index (κ1) is 16.4. The fourth-order valence-electron chi connectivity index (χ4n) is 1.73. The van der Waals surface area contributed by atoms with Crippen molar-refractivity contribution in [2.24, 2.45) is 0 Å². The highest BCUT2D eigenvalue weighted by molar-refractivity contribution is 5.68. The van der Waals surface area contributed by atoms with E-state index in [2.05, 4.69) is 5.32 Å². The van der Waals surface area contributed by atoms with Gasteiger partial charge in [0.05, 0.1) is 5.54 Å². The molecule has 112 valence electrons. The van der Waals surface area contributed by atoms with Crippen LogP contribution in [0, 0.1) is 5.82 Å². The summed E-state index contributed by atoms with van der Waals surface area (Å²) in [5.74, 6) is -0.436. The molecule has 1 aromatic rings. The number of amides is 1. The van der Waals surface area contributed by atoms with Crippen LogP contribution in [0.4, 0.5) is 9.18 Å². The first-order chi connectivity index (χ1) is 9.01. The van der Waals surface area contributed by atoms with Gasteiger partial charge in [-0.3, -0.25) is 0 Å². The zero-order valence-corrected chi connectivity index (χ0v) is 12.5. The Bertz CT molecular complexity index is 480. The number of hydrogen-bond acceptors (Lipinski definition) is 3. The highest BCUT2D eigenvalue weighted by Gasteiger charge is 2.32. The predicted octanol–water partition coefficient (Wildman–Crippen LogP) is 3.16. The molecule has 0 aromatic heterocycles. The van der Waals surface area contributed by atoms with E-state index < -0.39 is 29.2 Å². The molecule has 0 spiro atoms. The van der Waals surface area contributed by atoms with Gasteiger partial charge in [-0.1, -0.05) is 12.1 Å². The molecule has 0 saturated carbocycles. The second-order valence-electron chi connectivity index (χ2n) is 6.31. The molecule has 0 radical (unpaired) electrons. The summed E-state index contributed by atoms with van der Waals surface area (Å²) in [6.07, 6.45) is -1.68. The number of benzene rings is 1. The lowest BCUT2D eigenvalue weighted by Crippen LogP contribution is -2.49. The molecule has 0 fully saturated rings. The molecule has 5 heteroatoms. The van der Waals surface area contributed by atoms with E-state index in [0.29, 0.717) is 5.56 Å². The van der Waals surface area contributed by atoms with Gasteiger partial charge < -0.3 is 15.2 Å². The van der Waals surface area contributed by atoms with Crippen LogP contribution in [-0.2, 0) is 4.74 Å². The predicted molar refractivity (Wildman–Crippen MR) is 74.8 cm³/mol. The van der Waals surface area contributed by atoms with Crippen molar-refractivity contribution in [3.63, 3.8) is 0 Å². The molecule has 1 amide bonds. The van der Waals surface area contributed by atoms with Gasteiger partial charge in [0.2, 0.25) is 0 Å². The van der Waals surface area contributed by atoms with Crippen molar-refractivity contribution in [3.05, 3.63) is 35.6 Å². The lowest BCUT2D eigenvalue weighted by atomic mass is 9.91. The van der Waals surface area contributed by atoms with E-state index in [4.69, 9.17) is 4.74 Å². The SMILES string of the molecule is CC(C)(C)OC(=O)NC(C)(C)C(O)c1cccc(F)c1. The number of aliphatic hydroxyl groups is 1. The summed E-state index contributed by atoms with van der Waals surface area (Å²) in [5, 5.41) is 12.9. The van der Waals surface area contributed by atoms with Crippen LogP contribution >= 0.6 is 0 Å². The average Bonchev–Trinajstić information content (AvgIpc) is 2.24. The molecule has 0 saturated heterocycles. The minimum absolute atomic E-state index is 0.394. The molecule has 0 bridgehead atoms. The number of alkyl carbamates (subject to hydrolysis) is 1. The molecule has 0 heterocycles. The van der Waals surface area contributed by atoms with E-state index in [1.54, 1.807) is 40.7 Å². The Morgan fingerprint density at radius 3 is 2.40 bits per heavy atom. The lowest BCUT2D eigenvalue weighted by Gasteiger charge is -2.33. The van der Waals surface area contributed by atoms with Crippen molar-refractivity contribution in [1.82, 2.24) is 5.32 Å². The Balaban J connectivity index is 2.80. The van der Waals surface area contributed by atoms with Crippen molar-refractivity contribution in [2.75, 3.05) is 0 Å². The van der Waals surface area contributed by atoms with Crippen molar-refractivity contribution in [3.8, 4) is 0 Å². The molecular formula is C15H22FNO3. The fourth-order valence-corrected chi connectivity index (χ4v) is 1.73. The summed E-state index contributed by atoms with van der Waals surface area (Å²) in [6.45, 7) is 8.55. The normalized spacial score (nSPS) is 13.8. The van der Waals surface area contributed by atoms with Gasteiger partial charge >= 0.3 is 6.09 Å². The van der Waals surface area contributed by atoms with E-state index in [0.717, 1.165) is 0 Å². The van der Waals surface area contributed by atoms with E-state index in [1.165, 1.54) is 18.2 Å². The molecular weight excluding hydrogens is 261 g/mol. The first-order valence-electron chi connectivity index (χ1n) is 6.46. The lowest BCUT2D eigenvalue weighted by molar-refractivity contribution is 0.0291. The molecule has 1 unspecified atom stereocenters. The Hall–Kier alpha value is -1.62. The minimum atomic E-state index is -1.05. The van der Waals surface area contributed by atoms with Crippen molar-refractivity contribution in [1.29, 1.82) is 0 Å². The topological polar surface area (TPSA) is 58.6 Å². The van der Waals surface area contributed by atoms with Crippen LogP contribution in [0.25, 0.3) is 0 Å². The third-order valence-corrected chi connectivity index (χ3v) is 2.67. The van der Waals surface area contributed by atoms with E-state index in [9.17, 15) is 14.3 Å².